The van der Waals surface area contributed by atoms with E-state index in [4.69, 9.17) is 0 Å². The Labute approximate surface area is 142 Å². The van der Waals surface area contributed by atoms with E-state index in [1.165, 1.54) is 116 Å². The van der Waals surface area contributed by atoms with Gasteiger partial charge >= 0.3 is 0 Å². The normalized spacial score (nSPS) is 11.5. The molecule has 0 aliphatic rings. The summed E-state index contributed by atoms with van der Waals surface area (Å²) in [6.45, 7) is 6.92. The third kappa shape index (κ3) is 16.4. The van der Waals surface area contributed by atoms with Crippen molar-refractivity contribution in [3.8, 4) is 0 Å². The SMILES string of the molecule is CCCCCCCCCCCCCCCCC[C](CC)CC. The van der Waals surface area contributed by atoms with Crippen molar-refractivity contribution in [3.63, 3.8) is 0 Å². The first-order valence-electron chi connectivity index (χ1n) is 10.7. The van der Waals surface area contributed by atoms with Crippen molar-refractivity contribution in [2.45, 2.75) is 136 Å². The van der Waals surface area contributed by atoms with E-state index in [2.05, 4.69) is 20.8 Å². The van der Waals surface area contributed by atoms with Gasteiger partial charge in [-0.05, 0) is 25.2 Å². The van der Waals surface area contributed by atoms with E-state index in [-0.39, 0.29) is 0 Å². The Kier molecular flexibility index (Phi) is 19.0. The van der Waals surface area contributed by atoms with Crippen molar-refractivity contribution >= 4 is 0 Å². The second kappa shape index (κ2) is 19.0. The van der Waals surface area contributed by atoms with E-state index in [1.54, 1.807) is 5.92 Å². The first-order chi connectivity index (χ1) is 10.8. The lowest BCUT2D eigenvalue weighted by Crippen LogP contribution is -1.93. The molecule has 1 radical (unpaired) electrons. The minimum Gasteiger partial charge on any atom is -0.0654 e. The second-order valence-electron chi connectivity index (χ2n) is 7.16. The van der Waals surface area contributed by atoms with Gasteiger partial charge in [0.15, 0.2) is 0 Å². The summed E-state index contributed by atoms with van der Waals surface area (Å²) in [6, 6.07) is 0. The molecule has 0 aliphatic heterocycles. The van der Waals surface area contributed by atoms with Crippen molar-refractivity contribution in [3.05, 3.63) is 5.92 Å². The zero-order valence-electron chi connectivity index (χ0n) is 16.2. The highest BCUT2D eigenvalue weighted by atomic mass is 14.1. The minimum atomic E-state index is 1.30. The van der Waals surface area contributed by atoms with Crippen LogP contribution in [0.15, 0.2) is 0 Å². The zero-order chi connectivity index (χ0) is 16.3. The summed E-state index contributed by atoms with van der Waals surface area (Å²) < 4.78 is 0. The van der Waals surface area contributed by atoms with Crippen LogP contribution < -0.4 is 0 Å². The zero-order valence-corrected chi connectivity index (χ0v) is 16.2. The molecule has 0 N–H and O–H groups in total. The second-order valence-corrected chi connectivity index (χ2v) is 7.16. The summed E-state index contributed by atoms with van der Waals surface area (Å²) >= 11 is 0. The minimum absolute atomic E-state index is 1.30. The van der Waals surface area contributed by atoms with Crippen molar-refractivity contribution in [1.29, 1.82) is 0 Å². The first kappa shape index (κ1) is 22.0. The van der Waals surface area contributed by atoms with Crippen LogP contribution in [0.1, 0.15) is 136 Å². The van der Waals surface area contributed by atoms with Crippen molar-refractivity contribution in [1.82, 2.24) is 0 Å². The first-order valence-corrected chi connectivity index (χ1v) is 10.7. The highest BCUT2D eigenvalue weighted by Gasteiger charge is 2.02. The van der Waals surface area contributed by atoms with Crippen LogP contribution in [0, 0.1) is 5.92 Å². The molecule has 0 aromatic heterocycles. The topological polar surface area (TPSA) is 0 Å². The van der Waals surface area contributed by atoms with Crippen LogP contribution in [0.3, 0.4) is 0 Å². The maximum absolute atomic E-state index is 2.31. The molecule has 0 atom stereocenters. The Hall–Kier alpha value is 0. The molecule has 133 valence electrons. The third-order valence-electron chi connectivity index (χ3n) is 5.13. The highest BCUT2D eigenvalue weighted by molar-refractivity contribution is 4.85. The molecule has 0 saturated heterocycles. The van der Waals surface area contributed by atoms with Gasteiger partial charge < -0.3 is 0 Å². The summed E-state index contributed by atoms with van der Waals surface area (Å²) in [5, 5.41) is 0. The molecule has 0 aromatic carbocycles. The molecule has 0 saturated carbocycles. The quantitative estimate of drug-likeness (QED) is 0.222. The van der Waals surface area contributed by atoms with Crippen molar-refractivity contribution < 1.29 is 0 Å². The summed E-state index contributed by atoms with van der Waals surface area (Å²) in [5.74, 6) is 1.77. The van der Waals surface area contributed by atoms with Gasteiger partial charge in [-0.15, -0.1) is 0 Å². The Balaban J connectivity index is 3.02. The van der Waals surface area contributed by atoms with Gasteiger partial charge in [-0.25, -0.2) is 0 Å². The largest absolute Gasteiger partial charge is 0.0654 e. The molecule has 0 nitrogen and oxygen atoms in total. The fourth-order valence-corrected chi connectivity index (χ4v) is 3.35. The number of hydrogen-bond acceptors (Lipinski definition) is 0. The van der Waals surface area contributed by atoms with Crippen LogP contribution in [-0.4, -0.2) is 0 Å². The fourth-order valence-electron chi connectivity index (χ4n) is 3.35. The predicted molar refractivity (Wildman–Crippen MR) is 103 cm³/mol. The summed E-state index contributed by atoms with van der Waals surface area (Å²) in [7, 11) is 0. The van der Waals surface area contributed by atoms with E-state index >= 15 is 0 Å². The van der Waals surface area contributed by atoms with Gasteiger partial charge in [0, 0.05) is 0 Å². The maximum atomic E-state index is 2.31. The molecule has 22 heavy (non-hydrogen) atoms. The van der Waals surface area contributed by atoms with Gasteiger partial charge in [-0.2, -0.15) is 0 Å². The number of rotatable bonds is 18. The lowest BCUT2D eigenvalue weighted by Gasteiger charge is -2.10. The molecule has 0 unspecified atom stereocenters. The molecule has 0 aromatic rings. The average molecular weight is 310 g/mol. The molecular formula is C22H45. The van der Waals surface area contributed by atoms with Crippen molar-refractivity contribution in [2.75, 3.05) is 0 Å². The molecule has 0 heterocycles. The third-order valence-corrected chi connectivity index (χ3v) is 5.13. The predicted octanol–water partition coefficient (Wildman–Crippen LogP) is 8.64. The Morgan fingerprint density at radius 2 is 0.727 bits per heavy atom. The monoisotopic (exact) mass is 309 g/mol. The van der Waals surface area contributed by atoms with Crippen LogP contribution in [0.25, 0.3) is 0 Å². The van der Waals surface area contributed by atoms with Crippen LogP contribution in [0.5, 0.6) is 0 Å². The summed E-state index contributed by atoms with van der Waals surface area (Å²) in [4.78, 5) is 0. The lowest BCUT2D eigenvalue weighted by molar-refractivity contribution is 0.527. The van der Waals surface area contributed by atoms with E-state index in [0.29, 0.717) is 0 Å². The molecule has 0 rings (SSSR count). The van der Waals surface area contributed by atoms with Crippen LogP contribution in [0.2, 0.25) is 0 Å². The van der Waals surface area contributed by atoms with Gasteiger partial charge in [0.1, 0.15) is 0 Å². The number of hydrogen-bond donors (Lipinski definition) is 0. The van der Waals surface area contributed by atoms with Gasteiger partial charge in [0.2, 0.25) is 0 Å². The molecule has 0 heteroatoms. The van der Waals surface area contributed by atoms with Crippen LogP contribution in [0.4, 0.5) is 0 Å². The van der Waals surface area contributed by atoms with Crippen LogP contribution >= 0.6 is 0 Å². The molecule has 0 spiro atoms. The molecule has 0 aliphatic carbocycles. The van der Waals surface area contributed by atoms with Crippen LogP contribution in [-0.2, 0) is 0 Å². The fraction of sp³-hybridized carbons (Fsp3) is 0.955. The van der Waals surface area contributed by atoms with E-state index in [9.17, 15) is 0 Å². The Morgan fingerprint density at radius 3 is 1.05 bits per heavy atom. The van der Waals surface area contributed by atoms with E-state index in [1.807, 2.05) is 0 Å². The highest BCUT2D eigenvalue weighted by Crippen LogP contribution is 2.20. The van der Waals surface area contributed by atoms with Gasteiger partial charge in [-0.1, -0.05) is 117 Å². The maximum Gasteiger partial charge on any atom is -0.0246 e. The van der Waals surface area contributed by atoms with E-state index < -0.39 is 0 Å². The summed E-state index contributed by atoms with van der Waals surface area (Å²) in [6.07, 6.45) is 26.0. The molecule has 0 amide bonds. The number of unbranched alkanes of at least 4 members (excludes halogenated alkanes) is 14. The molecule has 0 fully saturated rings. The Bertz CT molecular complexity index is 180. The van der Waals surface area contributed by atoms with Crippen molar-refractivity contribution in [2.24, 2.45) is 0 Å². The van der Waals surface area contributed by atoms with E-state index in [0.717, 1.165) is 0 Å². The lowest BCUT2D eigenvalue weighted by atomic mass is 9.95. The standard InChI is InChI=1S/C22H45/c1-4-7-8-9-10-11-12-13-14-15-16-17-18-19-20-21-22(5-2)6-3/h4-21H2,1-3H3. The summed E-state index contributed by atoms with van der Waals surface area (Å²) in [5.41, 5.74) is 0. The molecule has 0 bridgehead atoms. The van der Waals surface area contributed by atoms with Gasteiger partial charge in [0.05, 0.1) is 0 Å². The van der Waals surface area contributed by atoms with Gasteiger partial charge in [-0.3, -0.25) is 0 Å². The smallest absolute Gasteiger partial charge is 0.0246 e. The van der Waals surface area contributed by atoms with Gasteiger partial charge in [0.25, 0.3) is 0 Å². The average Bonchev–Trinajstić information content (AvgIpc) is 2.55. The molecular weight excluding hydrogens is 264 g/mol. The Morgan fingerprint density at radius 1 is 0.409 bits per heavy atom.